The Morgan fingerprint density at radius 1 is 1.07 bits per heavy atom. The van der Waals surface area contributed by atoms with Gasteiger partial charge in [-0.1, -0.05) is 30.3 Å². The molecule has 2 aliphatic rings. The normalized spacial score (nSPS) is 20.1. The van der Waals surface area contributed by atoms with Crippen LogP contribution in [0.1, 0.15) is 24.4 Å². The molecule has 1 atom stereocenters. The third-order valence-electron chi connectivity index (χ3n) is 5.48. The Kier molecular flexibility index (Phi) is 4.09. The van der Waals surface area contributed by atoms with E-state index in [0.717, 1.165) is 49.3 Å². The molecule has 0 aliphatic carbocycles. The molecule has 0 N–H and O–H groups in total. The molecule has 0 radical (unpaired) electrons. The van der Waals surface area contributed by atoms with Crippen LogP contribution >= 0.6 is 0 Å². The second-order valence-corrected chi connectivity index (χ2v) is 7.37. The summed E-state index contributed by atoms with van der Waals surface area (Å²) in [7, 11) is 0. The second-order valence-electron chi connectivity index (χ2n) is 7.37. The predicted octanol–water partition coefficient (Wildman–Crippen LogP) is 3.71. The van der Waals surface area contributed by atoms with Gasteiger partial charge in [-0.3, -0.25) is 9.47 Å². The maximum Gasteiger partial charge on any atom is 0.420 e. The molecule has 0 amide bonds. The van der Waals surface area contributed by atoms with Crippen LogP contribution in [0.25, 0.3) is 17.2 Å². The van der Waals surface area contributed by atoms with E-state index in [2.05, 4.69) is 17.0 Å². The minimum atomic E-state index is -0.253. The van der Waals surface area contributed by atoms with Gasteiger partial charge < -0.3 is 9.15 Å². The topological polar surface area (TPSA) is 47.6 Å². The zero-order chi connectivity index (χ0) is 18.2. The highest BCUT2D eigenvalue weighted by atomic mass is 16.5. The molecule has 138 valence electrons. The number of hydrogen-bond acceptors (Lipinski definition) is 4. The molecule has 3 heterocycles. The molecular weight excluding hydrogens is 340 g/mol. The molecule has 1 aromatic heterocycles. The lowest BCUT2D eigenvalue weighted by Gasteiger charge is -2.34. The van der Waals surface area contributed by atoms with Gasteiger partial charge >= 0.3 is 5.76 Å². The number of nitrogens with zero attached hydrogens (tertiary/aromatic N) is 2. The maximum absolute atomic E-state index is 12.4. The van der Waals surface area contributed by atoms with Gasteiger partial charge in [0.25, 0.3) is 0 Å². The average Bonchev–Trinajstić information content (AvgIpc) is 3.04. The Labute approximate surface area is 157 Å². The first-order chi connectivity index (χ1) is 13.3. The van der Waals surface area contributed by atoms with Crippen molar-refractivity contribution in [3.63, 3.8) is 0 Å². The average molecular weight is 362 g/mol. The first-order valence-corrected chi connectivity index (χ1v) is 9.51. The number of ether oxygens (including phenoxy) is 1. The first kappa shape index (κ1) is 16.4. The fraction of sp³-hybridized carbons (Fsp3) is 0.318. The van der Waals surface area contributed by atoms with E-state index in [-0.39, 0.29) is 11.8 Å². The van der Waals surface area contributed by atoms with E-state index in [0.29, 0.717) is 12.2 Å². The van der Waals surface area contributed by atoms with Crippen LogP contribution < -0.4 is 10.5 Å². The van der Waals surface area contributed by atoms with Crippen LogP contribution in [0.4, 0.5) is 0 Å². The van der Waals surface area contributed by atoms with Gasteiger partial charge in [-0.25, -0.2) is 4.79 Å². The standard InChI is InChI=1S/C22H22N2O3/c25-22-24(19-8-2-4-10-21(19)27-22)18-7-5-11-23(14-18)13-16-12-17-6-1-3-9-20(17)26-15-16/h1-4,6,8-10,12,18H,5,7,11,13-15H2/t18-/m0/s1. The number of aromatic nitrogens is 1. The van der Waals surface area contributed by atoms with Crippen LogP contribution in [-0.2, 0) is 0 Å². The summed E-state index contributed by atoms with van der Waals surface area (Å²) in [5.74, 6) is 0.700. The van der Waals surface area contributed by atoms with Crippen LogP contribution in [0.15, 0.2) is 63.3 Å². The highest BCUT2D eigenvalue weighted by Gasteiger charge is 2.26. The SMILES string of the molecule is O=c1oc2ccccc2n1[C@H]1CCCN(CC2=Cc3ccccc3OC2)C1. The molecule has 27 heavy (non-hydrogen) atoms. The maximum atomic E-state index is 12.4. The van der Waals surface area contributed by atoms with Gasteiger partial charge in [0, 0.05) is 18.7 Å². The van der Waals surface area contributed by atoms with Crippen molar-refractivity contribution in [3.8, 4) is 5.75 Å². The Morgan fingerprint density at radius 2 is 1.93 bits per heavy atom. The lowest BCUT2D eigenvalue weighted by molar-refractivity contribution is 0.181. The Balaban J connectivity index is 1.37. The molecular formula is C22H22N2O3. The highest BCUT2D eigenvalue weighted by Crippen LogP contribution is 2.28. The summed E-state index contributed by atoms with van der Waals surface area (Å²) < 4.78 is 13.2. The van der Waals surface area contributed by atoms with Crippen LogP contribution in [0.5, 0.6) is 5.75 Å². The van der Waals surface area contributed by atoms with Crippen LogP contribution in [0, 0.1) is 0 Å². The van der Waals surface area contributed by atoms with Crippen molar-refractivity contribution in [1.29, 1.82) is 0 Å². The quantitative estimate of drug-likeness (QED) is 0.713. The molecule has 5 nitrogen and oxygen atoms in total. The second kappa shape index (κ2) is 6.74. The van der Waals surface area contributed by atoms with E-state index in [1.54, 1.807) is 0 Å². The van der Waals surface area contributed by atoms with E-state index in [9.17, 15) is 4.79 Å². The van der Waals surface area contributed by atoms with Crippen LogP contribution in [0.3, 0.4) is 0 Å². The molecule has 0 unspecified atom stereocenters. The van der Waals surface area contributed by atoms with Crippen molar-refractivity contribution >= 4 is 17.2 Å². The van der Waals surface area contributed by atoms with Crippen molar-refractivity contribution in [2.75, 3.05) is 26.2 Å². The molecule has 1 saturated heterocycles. The number of piperidine rings is 1. The zero-order valence-corrected chi connectivity index (χ0v) is 15.1. The smallest absolute Gasteiger partial charge is 0.420 e. The van der Waals surface area contributed by atoms with Crippen molar-refractivity contribution in [2.45, 2.75) is 18.9 Å². The minimum absolute atomic E-state index is 0.146. The Hall–Kier alpha value is -2.79. The zero-order valence-electron chi connectivity index (χ0n) is 15.1. The predicted molar refractivity (Wildman–Crippen MR) is 105 cm³/mol. The monoisotopic (exact) mass is 362 g/mol. The number of para-hydroxylation sites is 3. The minimum Gasteiger partial charge on any atom is -0.489 e. The van der Waals surface area contributed by atoms with Gasteiger partial charge in [0.15, 0.2) is 5.58 Å². The summed E-state index contributed by atoms with van der Waals surface area (Å²) >= 11 is 0. The molecule has 1 fully saturated rings. The van der Waals surface area contributed by atoms with E-state index in [1.165, 1.54) is 5.57 Å². The summed E-state index contributed by atoms with van der Waals surface area (Å²) in [4.78, 5) is 14.8. The van der Waals surface area contributed by atoms with E-state index in [1.807, 2.05) is 47.0 Å². The lowest BCUT2D eigenvalue weighted by atomic mass is 10.0. The number of benzene rings is 2. The number of hydrogen-bond donors (Lipinski definition) is 0. The van der Waals surface area contributed by atoms with Crippen molar-refractivity contribution in [2.24, 2.45) is 0 Å². The summed E-state index contributed by atoms with van der Waals surface area (Å²) in [5.41, 5.74) is 3.98. The molecule has 2 aromatic carbocycles. The van der Waals surface area contributed by atoms with E-state index in [4.69, 9.17) is 9.15 Å². The lowest BCUT2D eigenvalue weighted by Crippen LogP contribution is -2.40. The van der Waals surface area contributed by atoms with E-state index >= 15 is 0 Å². The summed E-state index contributed by atoms with van der Waals surface area (Å²) in [6.07, 6.45) is 4.31. The van der Waals surface area contributed by atoms with E-state index < -0.39 is 0 Å². The van der Waals surface area contributed by atoms with Crippen molar-refractivity contribution in [3.05, 3.63) is 70.2 Å². The fourth-order valence-corrected chi connectivity index (χ4v) is 4.26. The largest absolute Gasteiger partial charge is 0.489 e. The molecule has 0 spiro atoms. The van der Waals surface area contributed by atoms with Gasteiger partial charge in [0.05, 0.1) is 11.6 Å². The summed E-state index contributed by atoms with van der Waals surface area (Å²) in [6.45, 7) is 3.39. The van der Waals surface area contributed by atoms with Gasteiger partial charge in [0.2, 0.25) is 0 Å². The summed E-state index contributed by atoms with van der Waals surface area (Å²) in [5, 5.41) is 0. The highest BCUT2D eigenvalue weighted by molar-refractivity contribution is 5.72. The molecule has 3 aromatic rings. The molecule has 2 aliphatic heterocycles. The molecule has 0 bridgehead atoms. The number of likely N-dealkylation sites (tertiary alicyclic amines) is 1. The number of oxazole rings is 1. The molecule has 5 heteroatoms. The first-order valence-electron chi connectivity index (χ1n) is 9.51. The van der Waals surface area contributed by atoms with Crippen molar-refractivity contribution in [1.82, 2.24) is 9.47 Å². The number of fused-ring (bicyclic) bond motifs is 2. The van der Waals surface area contributed by atoms with Gasteiger partial charge in [-0.05, 0) is 49.2 Å². The van der Waals surface area contributed by atoms with Gasteiger partial charge in [-0.15, -0.1) is 0 Å². The van der Waals surface area contributed by atoms with Gasteiger partial charge in [-0.2, -0.15) is 0 Å². The van der Waals surface area contributed by atoms with Crippen LogP contribution in [-0.4, -0.2) is 35.7 Å². The van der Waals surface area contributed by atoms with Crippen molar-refractivity contribution < 1.29 is 9.15 Å². The number of rotatable bonds is 3. The molecule has 0 saturated carbocycles. The Bertz CT molecular complexity index is 1060. The summed E-state index contributed by atoms with van der Waals surface area (Å²) in [6, 6.07) is 16.0. The van der Waals surface area contributed by atoms with Crippen LogP contribution in [0.2, 0.25) is 0 Å². The third-order valence-corrected chi connectivity index (χ3v) is 5.48. The van der Waals surface area contributed by atoms with Gasteiger partial charge in [0.1, 0.15) is 12.4 Å². The fourth-order valence-electron chi connectivity index (χ4n) is 4.26. The third kappa shape index (κ3) is 3.08. The Morgan fingerprint density at radius 3 is 2.89 bits per heavy atom. The molecule has 5 rings (SSSR count).